The van der Waals surface area contributed by atoms with Gasteiger partial charge in [-0.1, -0.05) is 37.7 Å². The van der Waals surface area contributed by atoms with E-state index in [1.165, 1.54) is 0 Å². The smallest absolute Gasteiger partial charge is 0.252 e. The minimum Gasteiger partial charge on any atom is -0.392 e. The van der Waals surface area contributed by atoms with Gasteiger partial charge in [-0.2, -0.15) is 0 Å². The molecule has 1 atom stereocenters. The number of rotatable bonds is 6. The van der Waals surface area contributed by atoms with E-state index in [0.717, 1.165) is 17.7 Å². The van der Waals surface area contributed by atoms with E-state index in [0.29, 0.717) is 10.6 Å². The van der Waals surface area contributed by atoms with Crippen LogP contribution in [0.25, 0.3) is 0 Å². The molecule has 1 unspecified atom stereocenters. The van der Waals surface area contributed by atoms with Crippen LogP contribution in [0.3, 0.4) is 0 Å². The van der Waals surface area contributed by atoms with Gasteiger partial charge in [-0.15, -0.1) is 11.8 Å². The van der Waals surface area contributed by atoms with Crippen LogP contribution in [0.5, 0.6) is 0 Å². The number of thiocarbonyl (C=S) groups is 1. The van der Waals surface area contributed by atoms with Gasteiger partial charge < -0.3 is 11.1 Å². The molecule has 0 saturated carbocycles. The predicted octanol–water partition coefficient (Wildman–Crippen LogP) is 2.59. The Balaban J connectivity index is 2.83. The summed E-state index contributed by atoms with van der Waals surface area (Å²) in [5, 5.41) is 2.89. The Morgan fingerprint density at radius 3 is 2.72 bits per heavy atom. The van der Waals surface area contributed by atoms with E-state index in [1.807, 2.05) is 37.4 Å². The quantitative estimate of drug-likeness (QED) is 0.622. The topological polar surface area (TPSA) is 55.1 Å². The van der Waals surface area contributed by atoms with Crippen molar-refractivity contribution in [2.45, 2.75) is 30.7 Å². The van der Waals surface area contributed by atoms with Crippen molar-refractivity contribution in [1.29, 1.82) is 0 Å². The van der Waals surface area contributed by atoms with Crippen molar-refractivity contribution in [3.8, 4) is 0 Å². The zero-order chi connectivity index (χ0) is 13.5. The first-order valence-electron chi connectivity index (χ1n) is 5.83. The number of carbonyl (C=O) groups is 1. The molecule has 0 spiro atoms. The summed E-state index contributed by atoms with van der Waals surface area (Å²) >= 11 is 6.52. The maximum absolute atomic E-state index is 12.2. The van der Waals surface area contributed by atoms with Crippen molar-refractivity contribution in [3.63, 3.8) is 0 Å². The third kappa shape index (κ3) is 3.99. The Morgan fingerprint density at radius 1 is 1.50 bits per heavy atom. The van der Waals surface area contributed by atoms with Gasteiger partial charge in [0.2, 0.25) is 0 Å². The molecule has 0 radical (unpaired) electrons. The van der Waals surface area contributed by atoms with Crippen molar-refractivity contribution >= 4 is 34.9 Å². The molecule has 1 amide bonds. The second-order valence-electron chi connectivity index (χ2n) is 3.92. The number of benzene rings is 1. The highest BCUT2D eigenvalue weighted by molar-refractivity contribution is 7.98. The van der Waals surface area contributed by atoms with E-state index in [4.69, 9.17) is 18.0 Å². The third-order valence-corrected chi connectivity index (χ3v) is 3.66. The number of hydrogen-bond donors (Lipinski definition) is 2. The lowest BCUT2D eigenvalue weighted by molar-refractivity contribution is 0.0943. The fraction of sp³-hybridized carbons (Fsp3) is 0.385. The summed E-state index contributed by atoms with van der Waals surface area (Å²) in [5.41, 5.74) is 6.30. The molecule has 5 heteroatoms. The number of hydrogen-bond acceptors (Lipinski definition) is 3. The highest BCUT2D eigenvalue weighted by Gasteiger charge is 2.17. The maximum Gasteiger partial charge on any atom is 0.252 e. The first-order valence-corrected chi connectivity index (χ1v) is 7.46. The maximum atomic E-state index is 12.2. The van der Waals surface area contributed by atoms with Crippen LogP contribution in [0.2, 0.25) is 0 Å². The molecule has 0 bridgehead atoms. The summed E-state index contributed by atoms with van der Waals surface area (Å²) in [4.78, 5) is 13.5. The lowest BCUT2D eigenvalue weighted by Gasteiger charge is -2.17. The molecule has 98 valence electrons. The summed E-state index contributed by atoms with van der Waals surface area (Å²) in [6.07, 6.45) is 3.64. The molecule has 1 aromatic carbocycles. The SMILES string of the molecule is CCCC(NC(=O)c1ccccc1SC)C(N)=S. The average Bonchev–Trinajstić information content (AvgIpc) is 2.37. The van der Waals surface area contributed by atoms with Crippen molar-refractivity contribution in [1.82, 2.24) is 5.32 Å². The van der Waals surface area contributed by atoms with Crippen molar-refractivity contribution in [3.05, 3.63) is 29.8 Å². The van der Waals surface area contributed by atoms with Gasteiger partial charge >= 0.3 is 0 Å². The van der Waals surface area contributed by atoms with Gasteiger partial charge in [0.15, 0.2) is 0 Å². The van der Waals surface area contributed by atoms with Crippen molar-refractivity contribution in [2.24, 2.45) is 5.73 Å². The zero-order valence-electron chi connectivity index (χ0n) is 10.6. The Morgan fingerprint density at radius 2 is 2.17 bits per heavy atom. The lowest BCUT2D eigenvalue weighted by Crippen LogP contribution is -2.43. The molecule has 0 fully saturated rings. The Labute approximate surface area is 118 Å². The minimum absolute atomic E-state index is 0.119. The van der Waals surface area contributed by atoms with Gasteiger partial charge in [-0.05, 0) is 24.8 Å². The van der Waals surface area contributed by atoms with E-state index in [1.54, 1.807) is 11.8 Å². The van der Waals surface area contributed by atoms with Gasteiger partial charge in [-0.3, -0.25) is 4.79 Å². The summed E-state index contributed by atoms with van der Waals surface area (Å²) in [5.74, 6) is -0.119. The summed E-state index contributed by atoms with van der Waals surface area (Å²) in [6.45, 7) is 2.03. The molecule has 18 heavy (non-hydrogen) atoms. The normalized spacial score (nSPS) is 11.9. The molecule has 1 aromatic rings. The van der Waals surface area contributed by atoms with E-state index < -0.39 is 0 Å². The summed E-state index contributed by atoms with van der Waals surface area (Å²) in [7, 11) is 0. The Kier molecular flexibility index (Phi) is 6.15. The van der Waals surface area contributed by atoms with Crippen LogP contribution in [-0.2, 0) is 0 Å². The molecule has 0 aromatic heterocycles. The van der Waals surface area contributed by atoms with Crippen LogP contribution in [-0.4, -0.2) is 23.2 Å². The van der Waals surface area contributed by atoms with Crippen LogP contribution in [0.1, 0.15) is 30.1 Å². The van der Waals surface area contributed by atoms with Gasteiger partial charge in [0.1, 0.15) is 0 Å². The largest absolute Gasteiger partial charge is 0.392 e. The molecule has 0 aliphatic heterocycles. The van der Waals surface area contributed by atoms with Crippen LogP contribution in [0, 0.1) is 0 Å². The number of thioether (sulfide) groups is 1. The van der Waals surface area contributed by atoms with Crippen molar-refractivity contribution < 1.29 is 4.79 Å². The standard InChI is InChI=1S/C13H18N2OS2/c1-3-6-10(12(14)17)15-13(16)9-7-4-5-8-11(9)18-2/h4-5,7-8,10H,3,6H2,1-2H3,(H2,14,17)(H,15,16). The van der Waals surface area contributed by atoms with Gasteiger partial charge in [-0.25, -0.2) is 0 Å². The molecule has 1 rings (SSSR count). The minimum atomic E-state index is -0.229. The van der Waals surface area contributed by atoms with Crippen LogP contribution in [0.4, 0.5) is 0 Å². The van der Waals surface area contributed by atoms with E-state index >= 15 is 0 Å². The first-order chi connectivity index (χ1) is 8.60. The zero-order valence-corrected chi connectivity index (χ0v) is 12.2. The number of amides is 1. The Hall–Kier alpha value is -1.07. The molecule has 0 saturated heterocycles. The van der Waals surface area contributed by atoms with E-state index in [2.05, 4.69) is 5.32 Å². The molecule has 0 aliphatic carbocycles. The molecule has 3 nitrogen and oxygen atoms in total. The highest BCUT2D eigenvalue weighted by atomic mass is 32.2. The number of nitrogens with one attached hydrogen (secondary N) is 1. The van der Waals surface area contributed by atoms with Gasteiger partial charge in [0.25, 0.3) is 5.91 Å². The molecule has 0 heterocycles. The first kappa shape index (κ1) is 15.0. The highest BCUT2D eigenvalue weighted by Crippen LogP contribution is 2.19. The fourth-order valence-corrected chi connectivity index (χ4v) is 2.41. The molecular formula is C13H18N2OS2. The second kappa shape index (κ2) is 7.38. The third-order valence-electron chi connectivity index (χ3n) is 2.58. The van der Waals surface area contributed by atoms with Crippen LogP contribution < -0.4 is 11.1 Å². The van der Waals surface area contributed by atoms with Gasteiger partial charge in [0.05, 0.1) is 16.6 Å². The number of nitrogens with two attached hydrogens (primary N) is 1. The molecule has 3 N–H and O–H groups in total. The summed E-state index contributed by atoms with van der Waals surface area (Å²) < 4.78 is 0. The summed E-state index contributed by atoms with van der Waals surface area (Å²) in [6, 6.07) is 7.27. The van der Waals surface area contributed by atoms with Gasteiger partial charge in [0, 0.05) is 4.90 Å². The van der Waals surface area contributed by atoms with E-state index in [9.17, 15) is 4.79 Å². The fourth-order valence-electron chi connectivity index (χ4n) is 1.64. The van der Waals surface area contributed by atoms with E-state index in [-0.39, 0.29) is 11.9 Å². The average molecular weight is 282 g/mol. The monoisotopic (exact) mass is 282 g/mol. The van der Waals surface area contributed by atoms with Crippen molar-refractivity contribution in [2.75, 3.05) is 6.26 Å². The lowest BCUT2D eigenvalue weighted by atomic mass is 10.1. The van der Waals surface area contributed by atoms with Crippen LogP contribution >= 0.6 is 24.0 Å². The van der Waals surface area contributed by atoms with Crippen LogP contribution in [0.15, 0.2) is 29.2 Å². The molecular weight excluding hydrogens is 264 g/mol. The Bertz CT molecular complexity index is 435. The second-order valence-corrected chi connectivity index (χ2v) is 5.24. The predicted molar refractivity (Wildman–Crippen MR) is 81.2 cm³/mol. The molecule has 0 aliphatic rings. The number of carbonyl (C=O) groups excluding carboxylic acids is 1.